The molecule has 1 aliphatic rings. The third-order valence-electron chi connectivity index (χ3n) is 5.22. The zero-order valence-corrected chi connectivity index (χ0v) is 21.3. The Morgan fingerprint density at radius 2 is 1.82 bits per heavy atom. The number of nitrogens with one attached hydrogen (secondary N) is 3. The summed E-state index contributed by atoms with van der Waals surface area (Å²) in [6, 6.07) is 12.3. The first-order valence-corrected chi connectivity index (χ1v) is 10.9. The molecule has 2 aromatic carbocycles. The van der Waals surface area contributed by atoms with Gasteiger partial charge in [-0.25, -0.2) is 9.38 Å². The van der Waals surface area contributed by atoms with Crippen molar-refractivity contribution in [3.63, 3.8) is 0 Å². The highest BCUT2D eigenvalue weighted by molar-refractivity contribution is 14.0. The Morgan fingerprint density at radius 1 is 1.09 bits per heavy atom. The van der Waals surface area contributed by atoms with E-state index in [1.54, 1.807) is 19.1 Å². The highest BCUT2D eigenvalue weighted by Crippen LogP contribution is 2.21. The van der Waals surface area contributed by atoms with E-state index < -0.39 is 5.82 Å². The van der Waals surface area contributed by atoms with Crippen molar-refractivity contribution in [3.8, 4) is 0 Å². The summed E-state index contributed by atoms with van der Waals surface area (Å²) in [6.07, 6.45) is 1.52. The van der Waals surface area contributed by atoms with Gasteiger partial charge in [-0.05, 0) is 55.7 Å². The summed E-state index contributed by atoms with van der Waals surface area (Å²) in [6.45, 7) is 6.45. The van der Waals surface area contributed by atoms with Gasteiger partial charge >= 0.3 is 0 Å². The maximum Gasteiger partial charge on any atom is 0.251 e. The molecule has 0 aromatic heterocycles. The van der Waals surface area contributed by atoms with Gasteiger partial charge in [0.1, 0.15) is 5.82 Å². The van der Waals surface area contributed by atoms with E-state index in [0.717, 1.165) is 24.2 Å². The van der Waals surface area contributed by atoms with Gasteiger partial charge in [0.2, 0.25) is 5.91 Å². The Balaban J connectivity index is 0.00000385. The number of rotatable bonds is 8. The SMILES string of the molecule is CCNC(=NCc1ccc(N2CCCC2=O)cc1)NCCNC(=O)c1ccc(C)c(F)c1.I. The van der Waals surface area contributed by atoms with E-state index in [0.29, 0.717) is 49.7 Å². The third-order valence-corrected chi connectivity index (χ3v) is 5.22. The van der Waals surface area contributed by atoms with Crippen LogP contribution in [0.15, 0.2) is 47.5 Å². The maximum atomic E-state index is 13.6. The Bertz CT molecular complexity index is 981. The Labute approximate surface area is 211 Å². The maximum absolute atomic E-state index is 13.6. The van der Waals surface area contributed by atoms with Gasteiger partial charge in [-0.3, -0.25) is 9.59 Å². The molecule has 0 bridgehead atoms. The van der Waals surface area contributed by atoms with E-state index in [-0.39, 0.29) is 35.8 Å². The molecule has 7 nitrogen and oxygen atoms in total. The van der Waals surface area contributed by atoms with Crippen molar-refractivity contribution in [2.75, 3.05) is 31.1 Å². The number of anilines is 1. The van der Waals surface area contributed by atoms with Crippen molar-refractivity contribution in [1.82, 2.24) is 16.0 Å². The summed E-state index contributed by atoms with van der Waals surface area (Å²) in [5.74, 6) is 0.109. The van der Waals surface area contributed by atoms with Gasteiger partial charge in [0.25, 0.3) is 5.91 Å². The minimum Gasteiger partial charge on any atom is -0.357 e. The van der Waals surface area contributed by atoms with Gasteiger partial charge in [-0.1, -0.05) is 18.2 Å². The third kappa shape index (κ3) is 7.69. The first-order valence-electron chi connectivity index (χ1n) is 10.9. The van der Waals surface area contributed by atoms with E-state index in [4.69, 9.17) is 0 Å². The van der Waals surface area contributed by atoms with Crippen molar-refractivity contribution in [1.29, 1.82) is 0 Å². The summed E-state index contributed by atoms with van der Waals surface area (Å²) < 4.78 is 13.6. The predicted octanol–water partition coefficient (Wildman–Crippen LogP) is 3.36. The Morgan fingerprint density at radius 3 is 2.45 bits per heavy atom. The molecular formula is C24H31FIN5O2. The monoisotopic (exact) mass is 567 g/mol. The summed E-state index contributed by atoms with van der Waals surface area (Å²) in [5, 5.41) is 9.12. The van der Waals surface area contributed by atoms with E-state index >= 15 is 0 Å². The van der Waals surface area contributed by atoms with Crippen molar-refractivity contribution in [2.24, 2.45) is 4.99 Å². The van der Waals surface area contributed by atoms with Crippen LogP contribution in [-0.4, -0.2) is 44.0 Å². The predicted molar refractivity (Wildman–Crippen MR) is 140 cm³/mol. The summed E-state index contributed by atoms with van der Waals surface area (Å²) in [7, 11) is 0. The van der Waals surface area contributed by atoms with Gasteiger partial charge < -0.3 is 20.9 Å². The van der Waals surface area contributed by atoms with Gasteiger partial charge in [0.05, 0.1) is 6.54 Å². The Hall–Kier alpha value is -2.69. The molecule has 1 aliphatic heterocycles. The quantitative estimate of drug-likeness (QED) is 0.198. The van der Waals surface area contributed by atoms with Crippen LogP contribution in [0.2, 0.25) is 0 Å². The number of hydrogen-bond donors (Lipinski definition) is 3. The zero-order valence-electron chi connectivity index (χ0n) is 19.0. The van der Waals surface area contributed by atoms with Crippen LogP contribution < -0.4 is 20.9 Å². The molecule has 178 valence electrons. The van der Waals surface area contributed by atoms with Crippen LogP contribution in [0.3, 0.4) is 0 Å². The number of halogens is 2. The smallest absolute Gasteiger partial charge is 0.251 e. The lowest BCUT2D eigenvalue weighted by Gasteiger charge is -2.16. The molecule has 1 heterocycles. The second-order valence-electron chi connectivity index (χ2n) is 7.66. The molecule has 3 rings (SSSR count). The number of aliphatic imine (C=N–C) groups is 1. The minimum atomic E-state index is -0.391. The fourth-order valence-corrected chi connectivity index (χ4v) is 3.41. The van der Waals surface area contributed by atoms with Crippen molar-refractivity contribution >= 4 is 47.4 Å². The van der Waals surface area contributed by atoms with Crippen LogP contribution in [0, 0.1) is 12.7 Å². The molecule has 9 heteroatoms. The second kappa shape index (κ2) is 13.1. The standard InChI is InChI=1S/C24H30FN5O2.HI/c1-3-26-24(28-13-12-27-23(32)19-9-6-17(2)21(25)15-19)29-16-18-7-10-20(11-8-18)30-14-4-5-22(30)31;/h6-11,15H,3-5,12-14,16H2,1-2H3,(H,27,32)(H2,26,28,29);1H. The number of guanidine groups is 1. The number of nitrogens with zero attached hydrogens (tertiary/aromatic N) is 2. The topological polar surface area (TPSA) is 85.8 Å². The number of hydrogen-bond acceptors (Lipinski definition) is 3. The van der Waals surface area contributed by atoms with Gasteiger partial charge in [-0.15, -0.1) is 24.0 Å². The molecule has 2 aromatic rings. The van der Waals surface area contributed by atoms with Gasteiger partial charge in [0.15, 0.2) is 5.96 Å². The van der Waals surface area contributed by atoms with Gasteiger partial charge in [-0.2, -0.15) is 0 Å². The van der Waals surface area contributed by atoms with Crippen molar-refractivity contribution in [2.45, 2.75) is 33.2 Å². The lowest BCUT2D eigenvalue weighted by Crippen LogP contribution is -2.41. The highest BCUT2D eigenvalue weighted by Gasteiger charge is 2.21. The lowest BCUT2D eigenvalue weighted by atomic mass is 10.1. The normalized spacial score (nSPS) is 13.5. The van der Waals surface area contributed by atoms with Crippen molar-refractivity contribution in [3.05, 3.63) is 65.0 Å². The fourth-order valence-electron chi connectivity index (χ4n) is 3.41. The summed E-state index contributed by atoms with van der Waals surface area (Å²) >= 11 is 0. The molecule has 0 aliphatic carbocycles. The molecule has 3 N–H and O–H groups in total. The fraction of sp³-hybridized carbons (Fsp3) is 0.375. The molecule has 0 atom stereocenters. The molecule has 0 radical (unpaired) electrons. The lowest BCUT2D eigenvalue weighted by molar-refractivity contribution is -0.117. The molecule has 2 amide bonds. The first-order chi connectivity index (χ1) is 15.5. The van der Waals surface area contributed by atoms with E-state index in [9.17, 15) is 14.0 Å². The van der Waals surface area contributed by atoms with E-state index in [2.05, 4.69) is 20.9 Å². The molecule has 0 saturated carbocycles. The molecular weight excluding hydrogens is 536 g/mol. The van der Waals surface area contributed by atoms with Crippen LogP contribution in [0.25, 0.3) is 0 Å². The van der Waals surface area contributed by atoms with Crippen LogP contribution in [0.4, 0.5) is 10.1 Å². The number of carbonyl (C=O) groups excluding carboxylic acids is 2. The summed E-state index contributed by atoms with van der Waals surface area (Å²) in [4.78, 5) is 30.4. The molecule has 0 spiro atoms. The van der Waals surface area contributed by atoms with Gasteiger partial charge in [0, 0.05) is 43.9 Å². The van der Waals surface area contributed by atoms with E-state index in [1.165, 1.54) is 6.07 Å². The molecule has 0 unspecified atom stereocenters. The number of amides is 2. The van der Waals surface area contributed by atoms with Crippen LogP contribution >= 0.6 is 24.0 Å². The minimum absolute atomic E-state index is 0. The Kier molecular flexibility index (Phi) is 10.6. The first kappa shape index (κ1) is 26.6. The average Bonchev–Trinajstić information content (AvgIpc) is 3.22. The molecule has 1 saturated heterocycles. The van der Waals surface area contributed by atoms with Crippen LogP contribution in [0.5, 0.6) is 0 Å². The average molecular weight is 567 g/mol. The number of benzene rings is 2. The van der Waals surface area contributed by atoms with Crippen LogP contribution in [0.1, 0.15) is 41.3 Å². The zero-order chi connectivity index (χ0) is 22.9. The van der Waals surface area contributed by atoms with Crippen molar-refractivity contribution < 1.29 is 14.0 Å². The van der Waals surface area contributed by atoms with Crippen LogP contribution in [-0.2, 0) is 11.3 Å². The second-order valence-corrected chi connectivity index (χ2v) is 7.66. The summed E-state index contributed by atoms with van der Waals surface area (Å²) in [5.41, 5.74) is 2.77. The largest absolute Gasteiger partial charge is 0.357 e. The molecule has 33 heavy (non-hydrogen) atoms. The number of carbonyl (C=O) groups is 2. The van der Waals surface area contributed by atoms with E-state index in [1.807, 2.05) is 36.1 Å². The molecule has 1 fully saturated rings. The number of aryl methyl sites for hydroxylation is 1. The highest BCUT2D eigenvalue weighted by atomic mass is 127.